The maximum Gasteiger partial charge on any atom is 0.259 e. The summed E-state index contributed by atoms with van der Waals surface area (Å²) in [6.45, 7) is 0. The van der Waals surface area contributed by atoms with Gasteiger partial charge in [-0.1, -0.05) is 15.9 Å². The predicted molar refractivity (Wildman–Crippen MR) is 111 cm³/mol. The molecule has 7 nitrogen and oxygen atoms in total. The number of methoxy groups -OCH3 is 1. The molecule has 0 radical (unpaired) electrons. The third kappa shape index (κ3) is 3.87. The van der Waals surface area contributed by atoms with Gasteiger partial charge in [0.05, 0.1) is 28.8 Å². The number of anilines is 1. The maximum absolute atomic E-state index is 12.9. The fourth-order valence-electron chi connectivity index (χ4n) is 2.65. The van der Waals surface area contributed by atoms with E-state index in [1.54, 1.807) is 12.3 Å². The molecule has 1 heterocycles. The first kappa shape index (κ1) is 20.2. The smallest absolute Gasteiger partial charge is 0.259 e. The normalized spacial score (nSPS) is 11.6. The predicted octanol–water partition coefficient (Wildman–Crippen LogP) is 3.51. The number of nitrogens with one attached hydrogen (secondary N) is 1. The number of amides is 1. The Kier molecular flexibility index (Phi) is 5.69. The van der Waals surface area contributed by atoms with Gasteiger partial charge in [-0.15, -0.1) is 0 Å². The number of carbonyl (C=O) groups is 1. The molecule has 0 fully saturated rings. The van der Waals surface area contributed by atoms with Gasteiger partial charge in [-0.25, -0.2) is 12.7 Å². The second-order valence-electron chi connectivity index (χ2n) is 6.12. The Balaban J connectivity index is 2.05. The highest BCUT2D eigenvalue weighted by atomic mass is 79.9. The number of ether oxygens (including phenoxy) is 1. The molecule has 9 heteroatoms. The SMILES string of the molecule is COc1ccc(S(=O)(=O)N(C)C)cc1C(=O)Nc1ccnc2ccc(Br)cc12. The van der Waals surface area contributed by atoms with Crippen LogP contribution in [0.1, 0.15) is 10.4 Å². The summed E-state index contributed by atoms with van der Waals surface area (Å²) in [5.41, 5.74) is 1.39. The highest BCUT2D eigenvalue weighted by Gasteiger charge is 2.22. The first-order chi connectivity index (χ1) is 13.2. The lowest BCUT2D eigenvalue weighted by Gasteiger charge is -2.15. The van der Waals surface area contributed by atoms with Crippen LogP contribution in [-0.2, 0) is 10.0 Å². The number of pyridine rings is 1. The molecule has 2 aromatic carbocycles. The van der Waals surface area contributed by atoms with Gasteiger partial charge in [-0.2, -0.15) is 0 Å². The summed E-state index contributed by atoms with van der Waals surface area (Å²) in [6.07, 6.45) is 1.59. The van der Waals surface area contributed by atoms with E-state index in [0.29, 0.717) is 5.69 Å². The maximum atomic E-state index is 12.9. The van der Waals surface area contributed by atoms with Gasteiger partial charge in [0.15, 0.2) is 0 Å². The number of hydrogen-bond donors (Lipinski definition) is 1. The number of hydrogen-bond acceptors (Lipinski definition) is 5. The standard InChI is InChI=1S/C19H18BrN3O4S/c1-23(2)28(25,26)13-5-7-18(27-3)15(11-13)19(24)22-17-8-9-21-16-6-4-12(20)10-14(16)17/h4-11H,1-3H3,(H,21,22,24). The second kappa shape index (κ2) is 7.86. The molecule has 0 unspecified atom stereocenters. The summed E-state index contributed by atoms with van der Waals surface area (Å²) >= 11 is 3.41. The Morgan fingerprint density at radius 3 is 2.57 bits per heavy atom. The topological polar surface area (TPSA) is 88.6 Å². The summed E-state index contributed by atoms with van der Waals surface area (Å²) in [4.78, 5) is 17.2. The minimum absolute atomic E-state index is 0.00535. The molecular formula is C19H18BrN3O4S. The van der Waals surface area contributed by atoms with Crippen LogP contribution < -0.4 is 10.1 Å². The Bertz CT molecular complexity index is 1160. The minimum Gasteiger partial charge on any atom is -0.496 e. The Hall–Kier alpha value is -2.49. The van der Waals surface area contributed by atoms with Crippen molar-refractivity contribution in [2.24, 2.45) is 0 Å². The van der Waals surface area contributed by atoms with Crippen molar-refractivity contribution in [1.82, 2.24) is 9.29 Å². The van der Waals surface area contributed by atoms with E-state index in [2.05, 4.69) is 26.2 Å². The third-order valence-electron chi connectivity index (χ3n) is 4.15. The fourth-order valence-corrected chi connectivity index (χ4v) is 3.94. The molecule has 3 rings (SSSR count). The van der Waals surface area contributed by atoms with Crippen molar-refractivity contribution in [3.63, 3.8) is 0 Å². The first-order valence-corrected chi connectivity index (χ1v) is 10.4. The molecule has 1 aromatic heterocycles. The van der Waals surface area contributed by atoms with Crippen LogP contribution in [0.4, 0.5) is 5.69 Å². The number of sulfonamides is 1. The summed E-state index contributed by atoms with van der Waals surface area (Å²) < 4.78 is 32.0. The van der Waals surface area contributed by atoms with Crippen LogP contribution in [0.3, 0.4) is 0 Å². The van der Waals surface area contributed by atoms with E-state index in [4.69, 9.17) is 4.74 Å². The molecule has 0 saturated carbocycles. The van der Waals surface area contributed by atoms with Crippen molar-refractivity contribution in [3.05, 3.63) is 58.7 Å². The number of aromatic nitrogens is 1. The number of nitrogens with zero attached hydrogens (tertiary/aromatic N) is 2. The zero-order valence-electron chi connectivity index (χ0n) is 15.4. The zero-order valence-corrected chi connectivity index (χ0v) is 17.8. The third-order valence-corrected chi connectivity index (χ3v) is 6.45. The van der Waals surface area contributed by atoms with Crippen LogP contribution in [0.15, 0.2) is 58.0 Å². The van der Waals surface area contributed by atoms with E-state index in [1.807, 2.05) is 18.2 Å². The lowest BCUT2D eigenvalue weighted by Crippen LogP contribution is -2.23. The second-order valence-corrected chi connectivity index (χ2v) is 9.19. The number of carbonyl (C=O) groups excluding carboxylic acids is 1. The fraction of sp³-hybridized carbons (Fsp3) is 0.158. The van der Waals surface area contributed by atoms with Gasteiger partial charge < -0.3 is 10.1 Å². The average molecular weight is 464 g/mol. The molecule has 0 spiro atoms. The Labute approximate surface area is 171 Å². The quantitative estimate of drug-likeness (QED) is 0.625. The minimum atomic E-state index is -3.69. The Morgan fingerprint density at radius 1 is 1.14 bits per heavy atom. The molecule has 146 valence electrons. The van der Waals surface area contributed by atoms with E-state index in [9.17, 15) is 13.2 Å². The monoisotopic (exact) mass is 463 g/mol. The molecular weight excluding hydrogens is 446 g/mol. The molecule has 0 bridgehead atoms. The lowest BCUT2D eigenvalue weighted by molar-refractivity contribution is 0.102. The number of fused-ring (bicyclic) bond motifs is 1. The van der Waals surface area contributed by atoms with Crippen molar-refractivity contribution < 1.29 is 17.9 Å². The lowest BCUT2D eigenvalue weighted by atomic mass is 10.1. The van der Waals surface area contributed by atoms with Crippen molar-refractivity contribution in [3.8, 4) is 5.75 Å². The van der Waals surface area contributed by atoms with Crippen LogP contribution in [0, 0.1) is 0 Å². The number of halogens is 1. The van der Waals surface area contributed by atoms with E-state index < -0.39 is 15.9 Å². The van der Waals surface area contributed by atoms with Gasteiger partial charge in [0, 0.05) is 30.2 Å². The van der Waals surface area contributed by atoms with Crippen LogP contribution >= 0.6 is 15.9 Å². The van der Waals surface area contributed by atoms with Crippen molar-refractivity contribution in [2.45, 2.75) is 4.90 Å². The summed E-state index contributed by atoms with van der Waals surface area (Å²) in [7, 11) is 0.594. The largest absolute Gasteiger partial charge is 0.496 e. The Morgan fingerprint density at radius 2 is 1.89 bits per heavy atom. The first-order valence-electron chi connectivity index (χ1n) is 8.20. The van der Waals surface area contributed by atoms with E-state index in [0.717, 1.165) is 19.7 Å². The van der Waals surface area contributed by atoms with Crippen LogP contribution in [0.25, 0.3) is 10.9 Å². The van der Waals surface area contributed by atoms with Gasteiger partial charge in [0.1, 0.15) is 5.75 Å². The summed E-state index contributed by atoms with van der Waals surface area (Å²) in [5, 5.41) is 3.57. The molecule has 3 aromatic rings. The molecule has 0 atom stereocenters. The molecule has 0 saturated heterocycles. The van der Waals surface area contributed by atoms with Crippen molar-refractivity contribution >= 4 is 48.5 Å². The average Bonchev–Trinajstić information content (AvgIpc) is 2.67. The molecule has 28 heavy (non-hydrogen) atoms. The number of benzene rings is 2. The highest BCUT2D eigenvalue weighted by Crippen LogP contribution is 2.28. The van der Waals surface area contributed by atoms with Gasteiger partial charge >= 0.3 is 0 Å². The summed E-state index contributed by atoms with van der Waals surface area (Å²) in [6, 6.07) is 11.4. The number of rotatable bonds is 5. The molecule has 0 aliphatic carbocycles. The molecule has 0 aliphatic heterocycles. The van der Waals surface area contributed by atoms with Gasteiger partial charge in [0.2, 0.25) is 10.0 Å². The van der Waals surface area contributed by atoms with E-state index in [-0.39, 0.29) is 16.2 Å². The van der Waals surface area contributed by atoms with Gasteiger partial charge in [-0.05, 0) is 42.5 Å². The van der Waals surface area contributed by atoms with Crippen LogP contribution in [0.2, 0.25) is 0 Å². The van der Waals surface area contributed by atoms with Crippen LogP contribution in [-0.4, -0.2) is 44.8 Å². The van der Waals surface area contributed by atoms with Gasteiger partial charge in [0.25, 0.3) is 5.91 Å². The highest BCUT2D eigenvalue weighted by molar-refractivity contribution is 9.10. The van der Waals surface area contributed by atoms with Gasteiger partial charge in [-0.3, -0.25) is 9.78 Å². The van der Waals surface area contributed by atoms with E-state index >= 15 is 0 Å². The molecule has 1 amide bonds. The van der Waals surface area contributed by atoms with E-state index in [1.165, 1.54) is 39.4 Å². The van der Waals surface area contributed by atoms with Crippen LogP contribution in [0.5, 0.6) is 5.75 Å². The zero-order chi connectivity index (χ0) is 20.5. The molecule has 1 N–H and O–H groups in total. The van der Waals surface area contributed by atoms with Crippen molar-refractivity contribution in [1.29, 1.82) is 0 Å². The molecule has 0 aliphatic rings. The summed E-state index contributed by atoms with van der Waals surface area (Å²) in [5.74, 6) is -0.213. The van der Waals surface area contributed by atoms with Crippen molar-refractivity contribution in [2.75, 3.05) is 26.5 Å².